The Morgan fingerprint density at radius 2 is 1.83 bits per heavy atom. The van der Waals surface area contributed by atoms with E-state index in [0.717, 1.165) is 25.1 Å². The fourth-order valence-electron chi connectivity index (χ4n) is 2.77. The van der Waals surface area contributed by atoms with E-state index in [1.165, 1.54) is 18.2 Å². The molecule has 30 heavy (non-hydrogen) atoms. The van der Waals surface area contributed by atoms with E-state index in [1.807, 2.05) is 0 Å². The Morgan fingerprint density at radius 1 is 1.20 bits per heavy atom. The normalized spacial score (nSPS) is 13.9. The van der Waals surface area contributed by atoms with Crippen LogP contribution in [0.3, 0.4) is 0 Å². The van der Waals surface area contributed by atoms with Gasteiger partial charge < -0.3 is 10.4 Å². The van der Waals surface area contributed by atoms with Crippen LogP contribution in [0.15, 0.2) is 41.3 Å². The highest BCUT2D eigenvalue weighted by molar-refractivity contribution is 7.85. The van der Waals surface area contributed by atoms with Crippen molar-refractivity contribution in [2.75, 3.05) is 5.32 Å². The van der Waals surface area contributed by atoms with Crippen LogP contribution < -0.4 is 5.32 Å². The lowest BCUT2D eigenvalue weighted by molar-refractivity contribution is -0.138. The Bertz CT molecular complexity index is 1140. The Morgan fingerprint density at radius 3 is 2.37 bits per heavy atom. The Labute approximate surface area is 170 Å². The lowest BCUT2D eigenvalue weighted by Crippen LogP contribution is -2.42. The van der Waals surface area contributed by atoms with Gasteiger partial charge >= 0.3 is 6.18 Å². The van der Waals surface area contributed by atoms with Gasteiger partial charge in [-0.1, -0.05) is 17.7 Å². The van der Waals surface area contributed by atoms with Crippen molar-refractivity contribution in [1.29, 1.82) is 5.26 Å². The molecule has 0 fully saturated rings. The number of alkyl halides is 3. The van der Waals surface area contributed by atoms with Gasteiger partial charge in [0.2, 0.25) is 0 Å². The maximum absolute atomic E-state index is 13.1. The third-order valence-electron chi connectivity index (χ3n) is 4.22. The van der Waals surface area contributed by atoms with Crippen molar-refractivity contribution >= 4 is 21.7 Å². The van der Waals surface area contributed by atoms with Gasteiger partial charge in [0.25, 0.3) is 16.0 Å². The molecule has 0 bridgehead atoms. The summed E-state index contributed by atoms with van der Waals surface area (Å²) in [6.07, 6.45) is -5.38. The number of amides is 1. The zero-order valence-electron chi connectivity index (χ0n) is 15.8. The summed E-state index contributed by atoms with van der Waals surface area (Å²) in [6, 6.07) is 7.80. The first-order valence-electron chi connectivity index (χ1n) is 8.37. The quantitative estimate of drug-likeness (QED) is 0.611. The summed E-state index contributed by atoms with van der Waals surface area (Å²) in [5, 5.41) is 21.5. The second-order valence-electron chi connectivity index (χ2n) is 6.86. The first-order chi connectivity index (χ1) is 13.6. The van der Waals surface area contributed by atoms with E-state index in [9.17, 15) is 36.0 Å². The minimum atomic E-state index is -4.83. The summed E-state index contributed by atoms with van der Waals surface area (Å²) in [4.78, 5) is 12.0. The smallest absolute Gasteiger partial charge is 0.380 e. The van der Waals surface area contributed by atoms with Gasteiger partial charge in [0.15, 0.2) is 0 Å². The Hall–Kier alpha value is -2.94. The molecule has 2 aromatic carbocycles. The van der Waals surface area contributed by atoms with Crippen LogP contribution in [0.1, 0.15) is 29.2 Å². The molecule has 2 aromatic rings. The Balaban J connectivity index is 2.35. The topological polar surface area (TPSA) is 127 Å². The van der Waals surface area contributed by atoms with E-state index in [1.54, 1.807) is 6.92 Å². The SMILES string of the molecule is Cc1ccc(S(=O)(=O)O)c(CC(C)(O)C(=O)Nc2ccc(C#N)c(C(F)(F)F)c2)c1. The molecule has 0 radical (unpaired) electrons. The molecule has 0 spiro atoms. The number of aliphatic hydroxyl groups is 1. The number of nitrogens with zero attached hydrogens (tertiary/aromatic N) is 1. The van der Waals surface area contributed by atoms with Crippen molar-refractivity contribution in [3.63, 3.8) is 0 Å². The van der Waals surface area contributed by atoms with Crippen molar-refractivity contribution in [2.24, 2.45) is 0 Å². The predicted octanol–water partition coefficient (Wildman–Crippen LogP) is 3.06. The molecular formula is C19H17F3N2O5S. The highest BCUT2D eigenvalue weighted by Gasteiger charge is 2.36. The summed E-state index contributed by atoms with van der Waals surface area (Å²) in [6.45, 7) is 2.67. The first-order valence-corrected chi connectivity index (χ1v) is 9.81. The first kappa shape index (κ1) is 23.3. The number of hydrogen-bond acceptors (Lipinski definition) is 5. The van der Waals surface area contributed by atoms with Gasteiger partial charge in [-0.2, -0.15) is 26.9 Å². The molecule has 0 saturated heterocycles. The number of carbonyl (C=O) groups excluding carboxylic acids is 1. The van der Waals surface area contributed by atoms with Crippen molar-refractivity contribution < 1.29 is 36.0 Å². The average Bonchev–Trinajstić information content (AvgIpc) is 2.59. The third-order valence-corrected chi connectivity index (χ3v) is 5.18. The van der Waals surface area contributed by atoms with Crippen LogP contribution in [0.2, 0.25) is 0 Å². The van der Waals surface area contributed by atoms with Crippen molar-refractivity contribution in [3.8, 4) is 6.07 Å². The van der Waals surface area contributed by atoms with Crippen molar-refractivity contribution in [3.05, 3.63) is 58.7 Å². The highest BCUT2D eigenvalue weighted by atomic mass is 32.2. The second kappa shape index (κ2) is 8.06. The molecule has 11 heteroatoms. The Kier molecular flexibility index (Phi) is 6.27. The minimum Gasteiger partial charge on any atom is -0.380 e. The number of hydrogen-bond donors (Lipinski definition) is 3. The number of anilines is 1. The van der Waals surface area contributed by atoms with Crippen LogP contribution in [0, 0.1) is 18.3 Å². The van der Waals surface area contributed by atoms with Crippen molar-refractivity contribution in [1.82, 2.24) is 0 Å². The summed E-state index contributed by atoms with van der Waals surface area (Å²) in [5.41, 5.74) is -3.89. The van der Waals surface area contributed by atoms with Gasteiger partial charge in [0.05, 0.1) is 22.1 Å². The third kappa shape index (κ3) is 5.35. The van der Waals surface area contributed by atoms with Gasteiger partial charge in [0, 0.05) is 12.1 Å². The lowest BCUT2D eigenvalue weighted by Gasteiger charge is -2.24. The number of nitrogens with one attached hydrogen (secondary N) is 1. The van der Waals surface area contributed by atoms with Crippen molar-refractivity contribution in [2.45, 2.75) is 36.9 Å². The van der Waals surface area contributed by atoms with Crippen LogP contribution in [0.5, 0.6) is 0 Å². The molecule has 0 heterocycles. The lowest BCUT2D eigenvalue weighted by atomic mass is 9.94. The van der Waals surface area contributed by atoms with E-state index in [-0.39, 0.29) is 11.3 Å². The summed E-state index contributed by atoms with van der Waals surface area (Å²) in [5.74, 6) is -1.11. The molecule has 1 atom stereocenters. The molecule has 0 saturated carbocycles. The van der Waals surface area contributed by atoms with Crippen LogP contribution in [0.4, 0.5) is 18.9 Å². The number of benzene rings is 2. The monoisotopic (exact) mass is 442 g/mol. The number of carbonyl (C=O) groups is 1. The van der Waals surface area contributed by atoms with E-state index >= 15 is 0 Å². The number of nitriles is 1. The molecule has 0 aromatic heterocycles. The molecule has 7 nitrogen and oxygen atoms in total. The largest absolute Gasteiger partial charge is 0.417 e. The highest BCUT2D eigenvalue weighted by Crippen LogP contribution is 2.34. The van der Waals surface area contributed by atoms with Gasteiger partial charge in [0.1, 0.15) is 5.60 Å². The molecule has 0 aliphatic heterocycles. The molecule has 0 aliphatic rings. The number of rotatable bonds is 5. The molecule has 1 amide bonds. The number of halogens is 3. The molecule has 3 N–H and O–H groups in total. The second-order valence-corrected chi connectivity index (χ2v) is 8.25. The molecule has 0 aliphatic carbocycles. The molecule has 160 valence electrons. The van der Waals surface area contributed by atoms with Crippen LogP contribution >= 0.6 is 0 Å². The van der Waals surface area contributed by atoms with E-state index in [4.69, 9.17) is 5.26 Å². The minimum absolute atomic E-state index is 0.0477. The fraction of sp³-hybridized carbons (Fsp3) is 0.263. The van der Waals surface area contributed by atoms with E-state index in [2.05, 4.69) is 5.32 Å². The van der Waals surface area contributed by atoms with Gasteiger partial charge in [-0.15, -0.1) is 0 Å². The van der Waals surface area contributed by atoms with E-state index < -0.39 is 50.2 Å². The maximum Gasteiger partial charge on any atom is 0.417 e. The van der Waals surface area contributed by atoms with Gasteiger partial charge in [-0.25, -0.2) is 0 Å². The zero-order valence-corrected chi connectivity index (χ0v) is 16.6. The summed E-state index contributed by atoms with van der Waals surface area (Å²) >= 11 is 0. The van der Waals surface area contributed by atoms with Gasteiger partial charge in [-0.05, 0) is 43.7 Å². The molecule has 1 unspecified atom stereocenters. The van der Waals surface area contributed by atoms with Crippen LogP contribution in [0.25, 0.3) is 0 Å². The number of aryl methyl sites for hydroxylation is 1. The predicted molar refractivity (Wildman–Crippen MR) is 100 cm³/mol. The molecule has 2 rings (SSSR count). The standard InChI is InChI=1S/C19H17F3N2O5S/c1-11-3-6-16(30(27,28)29)13(7-11)9-18(2,26)17(25)24-14-5-4-12(10-23)15(8-14)19(20,21)22/h3-8,26H,9H2,1-2H3,(H,24,25)(H,27,28,29). The van der Waals surface area contributed by atoms with E-state index in [0.29, 0.717) is 11.6 Å². The fourth-order valence-corrected chi connectivity index (χ4v) is 3.47. The average molecular weight is 442 g/mol. The summed E-state index contributed by atoms with van der Waals surface area (Å²) < 4.78 is 71.7. The zero-order chi connectivity index (χ0) is 22.9. The van der Waals surface area contributed by atoms with Gasteiger partial charge in [-0.3, -0.25) is 9.35 Å². The van der Waals surface area contributed by atoms with Crippen LogP contribution in [-0.4, -0.2) is 29.6 Å². The maximum atomic E-state index is 13.1. The summed E-state index contributed by atoms with van der Waals surface area (Å²) in [7, 11) is -4.64. The molecular weight excluding hydrogens is 425 g/mol. The van der Waals surface area contributed by atoms with Crippen LogP contribution in [-0.2, 0) is 27.5 Å².